The average molecular weight is 551 g/mol. The number of ketones is 1. The molecule has 0 spiro atoms. The number of aliphatic hydroxyl groups excluding tert-OH is 1. The van der Waals surface area contributed by atoms with E-state index in [2.05, 4.69) is 25.7 Å². The number of likely N-dealkylation sites (tertiary alicyclic amines) is 1. The minimum Gasteiger partial charge on any atom is -0.507 e. The molecule has 1 fully saturated rings. The zero-order valence-corrected chi connectivity index (χ0v) is 24.4. The number of Topliss-reactive ketones (excluding diaryl/α,β-unsaturated/α-hetero) is 1. The standard InChI is InChI=1S/C32H42N2O6/c1-6-9-17-39-26-14-11-22(20-27(26)38-5)29-28(30(35)23-12-13-25-24(19-23)18-21(4)40-25)31(36)32(37)34(29)16-10-15-33(7-2)8-3/h11-14,19-21,29,35H,6-10,15-18H2,1-5H3/b30-28+/t21-,29-/m0/s1. The van der Waals surface area contributed by atoms with Gasteiger partial charge in [0.2, 0.25) is 0 Å². The minimum atomic E-state index is -0.751. The van der Waals surface area contributed by atoms with Crippen molar-refractivity contribution in [2.24, 2.45) is 0 Å². The fourth-order valence-corrected chi connectivity index (χ4v) is 5.49. The smallest absolute Gasteiger partial charge is 0.295 e. The molecule has 2 aromatic carbocycles. The Morgan fingerprint density at radius 2 is 1.85 bits per heavy atom. The van der Waals surface area contributed by atoms with Crippen molar-refractivity contribution in [3.63, 3.8) is 0 Å². The van der Waals surface area contributed by atoms with E-state index in [1.807, 2.05) is 31.2 Å². The number of methoxy groups -OCH3 is 1. The van der Waals surface area contributed by atoms with Crippen LogP contribution in [0.4, 0.5) is 0 Å². The second-order valence-electron chi connectivity index (χ2n) is 10.4. The van der Waals surface area contributed by atoms with E-state index in [0.717, 1.165) is 50.2 Å². The van der Waals surface area contributed by atoms with E-state index < -0.39 is 17.7 Å². The van der Waals surface area contributed by atoms with Crippen LogP contribution in [0.15, 0.2) is 42.0 Å². The van der Waals surface area contributed by atoms with E-state index in [9.17, 15) is 14.7 Å². The van der Waals surface area contributed by atoms with Crippen molar-refractivity contribution < 1.29 is 28.9 Å². The van der Waals surface area contributed by atoms with Crippen molar-refractivity contribution in [1.82, 2.24) is 9.80 Å². The van der Waals surface area contributed by atoms with Crippen molar-refractivity contribution in [3.8, 4) is 17.2 Å². The molecule has 1 saturated heterocycles. The summed E-state index contributed by atoms with van der Waals surface area (Å²) in [5.41, 5.74) is 2.23. The van der Waals surface area contributed by atoms with Crippen LogP contribution in [0.2, 0.25) is 0 Å². The van der Waals surface area contributed by atoms with E-state index in [-0.39, 0.29) is 17.4 Å². The van der Waals surface area contributed by atoms with Gasteiger partial charge in [-0.15, -0.1) is 0 Å². The Hall–Kier alpha value is -3.52. The van der Waals surface area contributed by atoms with Crippen LogP contribution in [-0.2, 0) is 16.0 Å². The van der Waals surface area contributed by atoms with Gasteiger partial charge in [-0.05, 0) is 80.9 Å². The number of amides is 1. The third-order valence-corrected chi connectivity index (χ3v) is 7.74. The van der Waals surface area contributed by atoms with Crippen LogP contribution < -0.4 is 14.2 Å². The molecule has 0 aromatic heterocycles. The number of rotatable bonds is 13. The van der Waals surface area contributed by atoms with Gasteiger partial charge in [-0.25, -0.2) is 0 Å². The molecule has 216 valence electrons. The summed E-state index contributed by atoms with van der Waals surface area (Å²) in [4.78, 5) is 30.8. The zero-order chi connectivity index (χ0) is 28.8. The van der Waals surface area contributed by atoms with E-state index >= 15 is 0 Å². The molecule has 0 radical (unpaired) electrons. The maximum atomic E-state index is 13.5. The Kier molecular flexibility index (Phi) is 9.74. The van der Waals surface area contributed by atoms with Crippen LogP contribution in [0, 0.1) is 0 Å². The summed E-state index contributed by atoms with van der Waals surface area (Å²) in [7, 11) is 1.57. The molecular weight excluding hydrogens is 508 g/mol. The van der Waals surface area contributed by atoms with Crippen LogP contribution in [-0.4, -0.2) is 72.6 Å². The molecule has 2 heterocycles. The van der Waals surface area contributed by atoms with Crippen molar-refractivity contribution in [1.29, 1.82) is 0 Å². The predicted octanol–water partition coefficient (Wildman–Crippen LogP) is 5.35. The quantitative estimate of drug-likeness (QED) is 0.156. The van der Waals surface area contributed by atoms with E-state index in [0.29, 0.717) is 42.2 Å². The first-order valence-corrected chi connectivity index (χ1v) is 14.4. The van der Waals surface area contributed by atoms with Crippen LogP contribution in [0.3, 0.4) is 0 Å². The molecule has 0 aliphatic carbocycles. The summed E-state index contributed by atoms with van der Waals surface area (Å²) in [5, 5.41) is 11.5. The molecule has 8 nitrogen and oxygen atoms in total. The predicted molar refractivity (Wildman–Crippen MR) is 155 cm³/mol. The molecule has 0 bridgehead atoms. The highest BCUT2D eigenvalue weighted by molar-refractivity contribution is 6.46. The number of unbranched alkanes of at least 4 members (excludes halogenated alkanes) is 1. The van der Waals surface area contributed by atoms with E-state index in [1.165, 1.54) is 0 Å². The number of carbonyl (C=O) groups excluding carboxylic acids is 2. The first kappa shape index (κ1) is 29.5. The molecular formula is C32H42N2O6. The van der Waals surface area contributed by atoms with Gasteiger partial charge in [0, 0.05) is 18.5 Å². The topological polar surface area (TPSA) is 88.5 Å². The van der Waals surface area contributed by atoms with Gasteiger partial charge >= 0.3 is 0 Å². The highest BCUT2D eigenvalue weighted by Crippen LogP contribution is 2.43. The minimum absolute atomic E-state index is 0.0503. The third kappa shape index (κ3) is 6.12. The molecule has 0 unspecified atom stereocenters. The van der Waals surface area contributed by atoms with Crippen molar-refractivity contribution in [2.75, 3.05) is 39.9 Å². The molecule has 1 N–H and O–H groups in total. The molecule has 2 aromatic rings. The lowest BCUT2D eigenvalue weighted by Crippen LogP contribution is -2.33. The highest BCUT2D eigenvalue weighted by atomic mass is 16.5. The van der Waals surface area contributed by atoms with Gasteiger partial charge in [0.25, 0.3) is 11.7 Å². The average Bonchev–Trinajstić information content (AvgIpc) is 3.46. The summed E-state index contributed by atoms with van der Waals surface area (Å²) in [6.07, 6.45) is 3.40. The van der Waals surface area contributed by atoms with Gasteiger partial charge in [0.15, 0.2) is 11.5 Å². The number of hydrogen-bond acceptors (Lipinski definition) is 7. The molecule has 40 heavy (non-hydrogen) atoms. The summed E-state index contributed by atoms with van der Waals surface area (Å²) < 4.78 is 17.4. The van der Waals surface area contributed by atoms with Crippen LogP contribution in [0.5, 0.6) is 17.2 Å². The lowest BCUT2D eigenvalue weighted by Gasteiger charge is -2.27. The Morgan fingerprint density at radius 3 is 2.55 bits per heavy atom. The summed E-state index contributed by atoms with van der Waals surface area (Å²) in [6.45, 7) is 11.9. The monoisotopic (exact) mass is 550 g/mol. The first-order chi connectivity index (χ1) is 19.3. The van der Waals surface area contributed by atoms with Crippen molar-refractivity contribution in [2.45, 2.75) is 65.5 Å². The van der Waals surface area contributed by atoms with Gasteiger partial charge in [0.05, 0.1) is 25.3 Å². The lowest BCUT2D eigenvalue weighted by atomic mass is 9.94. The van der Waals surface area contributed by atoms with E-state index in [1.54, 1.807) is 24.1 Å². The maximum absolute atomic E-state index is 13.5. The Labute approximate surface area is 237 Å². The number of aliphatic hydroxyl groups is 1. The molecule has 0 saturated carbocycles. The van der Waals surface area contributed by atoms with Crippen LogP contribution in [0.25, 0.3) is 5.76 Å². The zero-order valence-electron chi connectivity index (χ0n) is 24.4. The second kappa shape index (κ2) is 13.2. The number of nitrogens with zero attached hydrogens (tertiary/aromatic N) is 2. The first-order valence-electron chi connectivity index (χ1n) is 14.4. The molecule has 8 heteroatoms. The Balaban J connectivity index is 1.75. The highest BCUT2D eigenvalue weighted by Gasteiger charge is 2.46. The number of hydrogen-bond donors (Lipinski definition) is 1. The maximum Gasteiger partial charge on any atom is 0.295 e. The number of ether oxygens (including phenoxy) is 3. The third-order valence-electron chi connectivity index (χ3n) is 7.74. The number of carbonyl (C=O) groups is 2. The van der Waals surface area contributed by atoms with Crippen LogP contribution >= 0.6 is 0 Å². The summed E-state index contributed by atoms with van der Waals surface area (Å²) in [5.74, 6) is 0.432. The normalized spacial score (nSPS) is 19.7. The number of benzene rings is 2. The molecule has 2 aliphatic rings. The van der Waals surface area contributed by atoms with Crippen LogP contribution in [0.1, 0.15) is 69.7 Å². The molecule has 4 rings (SSSR count). The van der Waals surface area contributed by atoms with Crippen molar-refractivity contribution >= 4 is 17.4 Å². The summed E-state index contributed by atoms with van der Waals surface area (Å²) >= 11 is 0. The SMILES string of the molecule is CCCCOc1ccc([C@H]2/C(=C(\O)c3ccc4c(c3)C[C@H](C)O4)C(=O)C(=O)N2CCCN(CC)CC)cc1OC. The second-order valence-corrected chi connectivity index (χ2v) is 10.4. The van der Waals surface area contributed by atoms with Gasteiger partial charge in [-0.1, -0.05) is 33.3 Å². The Bertz CT molecular complexity index is 1250. The number of fused-ring (bicyclic) bond motifs is 1. The lowest BCUT2D eigenvalue weighted by molar-refractivity contribution is -0.140. The van der Waals surface area contributed by atoms with Gasteiger partial charge in [-0.3, -0.25) is 9.59 Å². The van der Waals surface area contributed by atoms with Gasteiger partial charge < -0.3 is 29.1 Å². The molecule has 1 amide bonds. The fraction of sp³-hybridized carbons (Fsp3) is 0.500. The Morgan fingerprint density at radius 1 is 1.07 bits per heavy atom. The van der Waals surface area contributed by atoms with Gasteiger partial charge in [-0.2, -0.15) is 0 Å². The largest absolute Gasteiger partial charge is 0.507 e. The van der Waals surface area contributed by atoms with Crippen molar-refractivity contribution in [3.05, 3.63) is 58.7 Å². The summed E-state index contributed by atoms with van der Waals surface area (Å²) in [6, 6.07) is 10.1. The molecule has 2 atom stereocenters. The fourth-order valence-electron chi connectivity index (χ4n) is 5.49. The van der Waals surface area contributed by atoms with E-state index in [4.69, 9.17) is 14.2 Å². The molecule has 2 aliphatic heterocycles. The van der Waals surface area contributed by atoms with Gasteiger partial charge in [0.1, 0.15) is 17.6 Å².